The van der Waals surface area contributed by atoms with Gasteiger partial charge in [-0.2, -0.15) is 0 Å². The van der Waals surface area contributed by atoms with Crippen molar-refractivity contribution in [3.05, 3.63) is 23.3 Å². The molecule has 2 fully saturated rings. The fraction of sp³-hybridized carbons (Fsp3) is 0.800. The highest BCUT2D eigenvalue weighted by atomic mass is 16.4. The standard InChI is InChI=1S/C20H32O6/c1-9-11(21)6-7-19(5)14(9)16(24)20(26)8-12(22)10(2)13(18(20,3)4)15(23)17(19)25/h11-12,14-17,21-26H,1,6-8H2,2-5H3. The third-order valence-electron chi connectivity index (χ3n) is 7.75. The number of hydrogen-bond donors (Lipinski definition) is 6. The second-order valence-electron chi connectivity index (χ2n) is 9.31. The van der Waals surface area contributed by atoms with Crippen molar-refractivity contribution in [2.24, 2.45) is 16.7 Å². The molecule has 6 nitrogen and oxygen atoms in total. The van der Waals surface area contributed by atoms with Crippen LogP contribution in [0.3, 0.4) is 0 Å². The molecule has 26 heavy (non-hydrogen) atoms. The van der Waals surface area contributed by atoms with Gasteiger partial charge in [0.25, 0.3) is 0 Å². The topological polar surface area (TPSA) is 121 Å². The van der Waals surface area contributed by atoms with Crippen LogP contribution >= 0.6 is 0 Å². The van der Waals surface area contributed by atoms with Gasteiger partial charge in [0.1, 0.15) is 11.7 Å². The van der Waals surface area contributed by atoms with E-state index >= 15 is 0 Å². The van der Waals surface area contributed by atoms with Crippen LogP contribution in [0.1, 0.15) is 47.0 Å². The average molecular weight is 368 g/mol. The van der Waals surface area contributed by atoms with E-state index in [1.54, 1.807) is 27.7 Å². The van der Waals surface area contributed by atoms with Crippen LogP contribution in [0.15, 0.2) is 23.3 Å². The van der Waals surface area contributed by atoms with Gasteiger partial charge in [-0.1, -0.05) is 27.4 Å². The van der Waals surface area contributed by atoms with Crippen LogP contribution < -0.4 is 0 Å². The van der Waals surface area contributed by atoms with E-state index in [1.807, 2.05) is 0 Å². The van der Waals surface area contributed by atoms with E-state index in [9.17, 15) is 30.6 Å². The maximum Gasteiger partial charge on any atom is 0.103 e. The van der Waals surface area contributed by atoms with Gasteiger partial charge in [0.15, 0.2) is 0 Å². The lowest BCUT2D eigenvalue weighted by molar-refractivity contribution is -0.224. The summed E-state index contributed by atoms with van der Waals surface area (Å²) in [5, 5.41) is 65.9. The second-order valence-corrected chi connectivity index (χ2v) is 9.31. The van der Waals surface area contributed by atoms with Crippen LogP contribution in [0.4, 0.5) is 0 Å². The molecule has 0 aromatic carbocycles. The SMILES string of the molecule is C=C1C(O)CCC2(C)C(O)C(O)C3=C(C)C(O)CC(O)(C(O)C12)C3(C)C. The Morgan fingerprint density at radius 2 is 1.54 bits per heavy atom. The minimum atomic E-state index is -1.74. The molecule has 3 aliphatic carbocycles. The second kappa shape index (κ2) is 5.87. The van der Waals surface area contributed by atoms with E-state index in [2.05, 4.69) is 6.58 Å². The Morgan fingerprint density at radius 3 is 2.12 bits per heavy atom. The fourth-order valence-electron chi connectivity index (χ4n) is 5.81. The molecule has 6 heteroatoms. The first kappa shape index (κ1) is 20.0. The smallest absolute Gasteiger partial charge is 0.103 e. The summed E-state index contributed by atoms with van der Waals surface area (Å²) in [5.74, 6) is -0.813. The van der Waals surface area contributed by atoms with E-state index in [-0.39, 0.29) is 6.42 Å². The lowest BCUT2D eigenvalue weighted by atomic mass is 9.48. The normalized spacial score (nSPS) is 51.5. The molecule has 0 spiro atoms. The van der Waals surface area contributed by atoms with E-state index < -0.39 is 52.9 Å². The Kier molecular flexibility index (Phi) is 4.51. The van der Waals surface area contributed by atoms with Gasteiger partial charge in [-0.15, -0.1) is 0 Å². The van der Waals surface area contributed by atoms with Gasteiger partial charge < -0.3 is 30.6 Å². The zero-order valence-corrected chi connectivity index (χ0v) is 16.0. The highest BCUT2D eigenvalue weighted by Gasteiger charge is 2.65. The minimum absolute atomic E-state index is 0.0880. The molecule has 0 aromatic heterocycles. The largest absolute Gasteiger partial charge is 0.389 e. The number of aliphatic hydroxyl groups excluding tert-OH is 5. The summed E-state index contributed by atoms with van der Waals surface area (Å²) < 4.78 is 0. The molecule has 8 atom stereocenters. The average Bonchev–Trinajstić information content (AvgIpc) is 2.55. The molecule has 0 aromatic rings. The summed E-state index contributed by atoms with van der Waals surface area (Å²) in [6, 6.07) is 0. The van der Waals surface area contributed by atoms with Gasteiger partial charge >= 0.3 is 0 Å². The number of rotatable bonds is 0. The number of hydrogen-bond acceptors (Lipinski definition) is 6. The highest BCUT2D eigenvalue weighted by molar-refractivity contribution is 5.39. The van der Waals surface area contributed by atoms with Crippen LogP contribution in [-0.2, 0) is 0 Å². The van der Waals surface area contributed by atoms with Gasteiger partial charge in [0, 0.05) is 23.2 Å². The molecule has 148 valence electrons. The Labute approximate surface area is 154 Å². The number of aliphatic hydroxyl groups is 6. The van der Waals surface area contributed by atoms with E-state index in [0.717, 1.165) is 0 Å². The van der Waals surface area contributed by atoms with Crippen molar-refractivity contribution in [2.75, 3.05) is 0 Å². The van der Waals surface area contributed by atoms with Crippen LogP contribution in [0, 0.1) is 16.7 Å². The molecule has 0 saturated heterocycles. The molecule has 6 N–H and O–H groups in total. The zero-order chi connectivity index (χ0) is 19.8. The fourth-order valence-corrected chi connectivity index (χ4v) is 5.81. The molecule has 2 saturated carbocycles. The van der Waals surface area contributed by atoms with Crippen LogP contribution in [0.2, 0.25) is 0 Å². The molecule has 3 rings (SSSR count). The quantitative estimate of drug-likeness (QED) is 0.341. The van der Waals surface area contributed by atoms with E-state index in [1.165, 1.54) is 0 Å². The first-order valence-corrected chi connectivity index (χ1v) is 9.33. The molecule has 0 aliphatic heterocycles. The molecule has 2 bridgehead atoms. The summed E-state index contributed by atoms with van der Waals surface area (Å²) in [4.78, 5) is 0. The predicted molar refractivity (Wildman–Crippen MR) is 96.1 cm³/mol. The van der Waals surface area contributed by atoms with Crippen LogP contribution in [-0.4, -0.2) is 66.8 Å². The molecule has 0 amide bonds. The maximum absolute atomic E-state index is 11.6. The van der Waals surface area contributed by atoms with Crippen molar-refractivity contribution < 1.29 is 30.6 Å². The van der Waals surface area contributed by atoms with Crippen LogP contribution in [0.5, 0.6) is 0 Å². The summed E-state index contributed by atoms with van der Waals surface area (Å²) in [5.41, 5.74) is -2.54. The van der Waals surface area contributed by atoms with Crippen molar-refractivity contribution >= 4 is 0 Å². The molecule has 0 radical (unpaired) electrons. The lowest BCUT2D eigenvalue weighted by Crippen LogP contribution is -2.69. The van der Waals surface area contributed by atoms with Gasteiger partial charge in [-0.05, 0) is 36.5 Å². The predicted octanol–water partition coefficient (Wildman–Crippen LogP) is 0.254. The zero-order valence-electron chi connectivity index (χ0n) is 16.0. The maximum atomic E-state index is 11.6. The Hall–Kier alpha value is -0.760. The van der Waals surface area contributed by atoms with Gasteiger partial charge in [-0.3, -0.25) is 0 Å². The first-order valence-electron chi connectivity index (χ1n) is 9.33. The van der Waals surface area contributed by atoms with E-state index in [4.69, 9.17) is 0 Å². The summed E-state index contributed by atoms with van der Waals surface area (Å²) in [6.07, 6.45) is -5.11. The molecule has 3 aliphatic rings. The van der Waals surface area contributed by atoms with Gasteiger partial charge in [0.05, 0.1) is 24.4 Å². The van der Waals surface area contributed by atoms with Crippen molar-refractivity contribution in [1.29, 1.82) is 0 Å². The molecular formula is C20H32O6. The minimum Gasteiger partial charge on any atom is -0.389 e. The lowest BCUT2D eigenvalue weighted by Gasteiger charge is -2.61. The molecule has 8 unspecified atom stereocenters. The van der Waals surface area contributed by atoms with Gasteiger partial charge in [-0.25, -0.2) is 0 Å². The first-order chi connectivity index (χ1) is 11.8. The van der Waals surface area contributed by atoms with Crippen LogP contribution in [0.25, 0.3) is 0 Å². The Balaban J connectivity index is 2.29. The summed E-state index contributed by atoms with van der Waals surface area (Å²) >= 11 is 0. The van der Waals surface area contributed by atoms with Crippen molar-refractivity contribution in [3.63, 3.8) is 0 Å². The molecular weight excluding hydrogens is 336 g/mol. The van der Waals surface area contributed by atoms with Crippen molar-refractivity contribution in [2.45, 2.75) is 83.1 Å². The monoisotopic (exact) mass is 368 g/mol. The Bertz CT molecular complexity index is 655. The summed E-state index contributed by atoms with van der Waals surface area (Å²) in [6.45, 7) is 10.8. The van der Waals surface area contributed by atoms with E-state index in [0.29, 0.717) is 29.6 Å². The third kappa shape index (κ3) is 2.26. The number of fused-ring (bicyclic) bond motifs is 3. The Morgan fingerprint density at radius 1 is 0.962 bits per heavy atom. The highest BCUT2D eigenvalue weighted by Crippen LogP contribution is 2.60. The summed E-state index contributed by atoms with van der Waals surface area (Å²) in [7, 11) is 0. The molecule has 0 heterocycles. The van der Waals surface area contributed by atoms with Crippen molar-refractivity contribution in [1.82, 2.24) is 0 Å². The third-order valence-corrected chi connectivity index (χ3v) is 7.75. The van der Waals surface area contributed by atoms with Crippen molar-refractivity contribution in [3.8, 4) is 0 Å². The van der Waals surface area contributed by atoms with Gasteiger partial charge in [0.2, 0.25) is 0 Å².